The molecular weight excluding hydrogens is 235 g/mol. The molecule has 0 spiro atoms. The Morgan fingerprint density at radius 3 is 2.62 bits per heavy atom. The fraction of sp³-hybridized carbons (Fsp3) is 0.727. The molecule has 0 saturated heterocycles. The lowest BCUT2D eigenvalue weighted by Gasteiger charge is -2.23. The Bertz CT molecular complexity index is 381. The van der Waals surface area contributed by atoms with Gasteiger partial charge < -0.3 is 0 Å². The predicted octanol–water partition coefficient (Wildman–Crippen LogP) is 3.93. The van der Waals surface area contributed by atoms with Gasteiger partial charge in [0.1, 0.15) is 0 Å². The number of alkyl halides is 3. The number of hydrogen-bond donors (Lipinski definition) is 0. The fourth-order valence-electron chi connectivity index (χ4n) is 1.93. The SMILES string of the molecule is CC(C)c1nc2c(s1)CCC(C(F)(F)F)C2. The monoisotopic (exact) mass is 249 g/mol. The third kappa shape index (κ3) is 2.24. The number of nitrogens with zero attached hydrogens (tertiary/aromatic N) is 1. The van der Waals surface area contributed by atoms with E-state index in [-0.39, 0.29) is 12.8 Å². The number of hydrogen-bond acceptors (Lipinski definition) is 2. The van der Waals surface area contributed by atoms with Crippen LogP contribution in [0.25, 0.3) is 0 Å². The van der Waals surface area contributed by atoms with Crippen molar-refractivity contribution < 1.29 is 13.2 Å². The van der Waals surface area contributed by atoms with Gasteiger partial charge in [0.05, 0.1) is 16.6 Å². The average molecular weight is 249 g/mol. The van der Waals surface area contributed by atoms with Gasteiger partial charge in [-0.05, 0) is 12.8 Å². The summed E-state index contributed by atoms with van der Waals surface area (Å²) in [5.41, 5.74) is 0.683. The number of thiazole rings is 1. The van der Waals surface area contributed by atoms with Gasteiger partial charge in [-0.15, -0.1) is 11.3 Å². The van der Waals surface area contributed by atoms with Crippen molar-refractivity contribution in [3.63, 3.8) is 0 Å². The van der Waals surface area contributed by atoms with E-state index in [1.807, 2.05) is 13.8 Å². The zero-order valence-corrected chi connectivity index (χ0v) is 10.1. The van der Waals surface area contributed by atoms with Crippen molar-refractivity contribution in [3.8, 4) is 0 Å². The van der Waals surface area contributed by atoms with Gasteiger partial charge in [0, 0.05) is 17.2 Å². The lowest BCUT2D eigenvalue weighted by atomic mass is 9.90. The molecule has 1 nitrogen and oxygen atoms in total. The van der Waals surface area contributed by atoms with E-state index >= 15 is 0 Å². The summed E-state index contributed by atoms with van der Waals surface area (Å²) >= 11 is 1.58. The standard InChI is InChI=1S/C11H14F3NS/c1-6(2)10-15-8-5-7(11(12,13)14)3-4-9(8)16-10/h6-7H,3-5H2,1-2H3. The maximum Gasteiger partial charge on any atom is 0.392 e. The first-order valence-electron chi connectivity index (χ1n) is 5.43. The molecule has 0 N–H and O–H groups in total. The molecule has 0 saturated carbocycles. The van der Waals surface area contributed by atoms with Crippen LogP contribution in [0.3, 0.4) is 0 Å². The zero-order valence-electron chi connectivity index (χ0n) is 9.27. The van der Waals surface area contributed by atoms with E-state index in [1.54, 1.807) is 11.3 Å². The van der Waals surface area contributed by atoms with Crippen molar-refractivity contribution in [1.82, 2.24) is 4.98 Å². The van der Waals surface area contributed by atoms with Gasteiger partial charge >= 0.3 is 6.18 Å². The van der Waals surface area contributed by atoms with E-state index < -0.39 is 12.1 Å². The second-order valence-corrected chi connectivity index (χ2v) is 5.67. The fourth-order valence-corrected chi connectivity index (χ4v) is 3.04. The molecule has 1 aromatic rings. The van der Waals surface area contributed by atoms with Crippen LogP contribution < -0.4 is 0 Å². The second-order valence-electron chi connectivity index (χ2n) is 4.56. The molecule has 16 heavy (non-hydrogen) atoms. The Labute approximate surface area is 96.7 Å². The van der Waals surface area contributed by atoms with E-state index in [4.69, 9.17) is 0 Å². The van der Waals surface area contributed by atoms with Crippen molar-refractivity contribution in [2.75, 3.05) is 0 Å². The third-order valence-corrected chi connectivity index (χ3v) is 4.37. The van der Waals surface area contributed by atoms with Crippen molar-refractivity contribution in [1.29, 1.82) is 0 Å². The summed E-state index contributed by atoms with van der Waals surface area (Å²) in [5.74, 6) is -0.887. The molecule has 1 unspecified atom stereocenters. The summed E-state index contributed by atoms with van der Waals surface area (Å²) in [6.07, 6.45) is -3.25. The Morgan fingerprint density at radius 2 is 2.06 bits per heavy atom. The smallest absolute Gasteiger partial charge is 0.246 e. The highest BCUT2D eigenvalue weighted by Gasteiger charge is 2.42. The van der Waals surface area contributed by atoms with Crippen LogP contribution in [-0.2, 0) is 12.8 Å². The van der Waals surface area contributed by atoms with Gasteiger partial charge in [-0.1, -0.05) is 13.8 Å². The minimum Gasteiger partial charge on any atom is -0.246 e. The molecule has 0 bridgehead atoms. The molecule has 0 amide bonds. The highest BCUT2D eigenvalue weighted by molar-refractivity contribution is 7.11. The summed E-state index contributed by atoms with van der Waals surface area (Å²) in [5, 5.41) is 0.966. The Hall–Kier alpha value is -0.580. The van der Waals surface area contributed by atoms with Gasteiger partial charge in [0.25, 0.3) is 0 Å². The van der Waals surface area contributed by atoms with Crippen LogP contribution in [0, 0.1) is 5.92 Å². The first kappa shape index (κ1) is 11.9. The molecule has 1 aliphatic rings. The number of halogens is 3. The first-order chi connectivity index (χ1) is 7.38. The molecule has 2 rings (SSSR count). The van der Waals surface area contributed by atoms with E-state index in [2.05, 4.69) is 4.98 Å². The molecule has 0 aliphatic heterocycles. The van der Waals surface area contributed by atoms with Crippen molar-refractivity contribution in [3.05, 3.63) is 15.6 Å². The highest BCUT2D eigenvalue weighted by atomic mass is 32.1. The number of fused-ring (bicyclic) bond motifs is 1. The summed E-state index contributed by atoms with van der Waals surface area (Å²) in [6.45, 7) is 4.04. The molecule has 1 atom stereocenters. The van der Waals surface area contributed by atoms with Crippen LogP contribution in [0.4, 0.5) is 13.2 Å². The van der Waals surface area contributed by atoms with Crippen LogP contribution in [0.1, 0.15) is 41.8 Å². The van der Waals surface area contributed by atoms with E-state index in [0.29, 0.717) is 18.0 Å². The molecule has 1 aromatic heterocycles. The van der Waals surface area contributed by atoms with Gasteiger partial charge in [-0.25, -0.2) is 4.98 Å². The third-order valence-electron chi connectivity index (χ3n) is 2.91. The van der Waals surface area contributed by atoms with E-state index in [1.165, 1.54) is 0 Å². The molecule has 0 fully saturated rings. The van der Waals surface area contributed by atoms with Gasteiger partial charge in [-0.3, -0.25) is 0 Å². The lowest BCUT2D eigenvalue weighted by Crippen LogP contribution is -2.28. The Morgan fingerprint density at radius 1 is 1.38 bits per heavy atom. The molecule has 5 heteroatoms. The van der Waals surface area contributed by atoms with Crippen LogP contribution in [0.15, 0.2) is 0 Å². The molecule has 1 heterocycles. The Kier molecular flexibility index (Phi) is 2.99. The zero-order chi connectivity index (χ0) is 11.9. The summed E-state index contributed by atoms with van der Waals surface area (Å²) < 4.78 is 37.7. The maximum absolute atomic E-state index is 12.6. The number of aromatic nitrogens is 1. The Balaban J connectivity index is 2.21. The largest absolute Gasteiger partial charge is 0.392 e. The minimum absolute atomic E-state index is 0.0715. The first-order valence-corrected chi connectivity index (χ1v) is 6.24. The molecule has 0 aromatic carbocycles. The summed E-state index contributed by atoms with van der Waals surface area (Å²) in [7, 11) is 0. The second kappa shape index (κ2) is 4.02. The van der Waals surface area contributed by atoms with Crippen LogP contribution in [0.2, 0.25) is 0 Å². The lowest BCUT2D eigenvalue weighted by molar-refractivity contribution is -0.177. The van der Waals surface area contributed by atoms with E-state index in [9.17, 15) is 13.2 Å². The van der Waals surface area contributed by atoms with Crippen LogP contribution >= 0.6 is 11.3 Å². The van der Waals surface area contributed by atoms with Crippen molar-refractivity contribution in [2.45, 2.75) is 45.2 Å². The molecular formula is C11H14F3NS. The number of rotatable bonds is 1. The minimum atomic E-state index is -4.07. The number of aryl methyl sites for hydroxylation is 1. The maximum atomic E-state index is 12.6. The van der Waals surface area contributed by atoms with Gasteiger partial charge in [-0.2, -0.15) is 13.2 Å². The normalized spacial score (nSPS) is 21.2. The summed E-state index contributed by atoms with van der Waals surface area (Å²) in [4.78, 5) is 5.39. The highest BCUT2D eigenvalue weighted by Crippen LogP contribution is 2.39. The average Bonchev–Trinajstić information content (AvgIpc) is 2.58. The van der Waals surface area contributed by atoms with Crippen LogP contribution in [0.5, 0.6) is 0 Å². The van der Waals surface area contributed by atoms with Crippen LogP contribution in [-0.4, -0.2) is 11.2 Å². The van der Waals surface area contributed by atoms with Crippen molar-refractivity contribution >= 4 is 11.3 Å². The topological polar surface area (TPSA) is 12.9 Å². The van der Waals surface area contributed by atoms with Gasteiger partial charge in [0.2, 0.25) is 0 Å². The predicted molar refractivity (Wildman–Crippen MR) is 57.8 cm³/mol. The molecule has 1 aliphatic carbocycles. The quantitative estimate of drug-likeness (QED) is 0.734. The van der Waals surface area contributed by atoms with Crippen molar-refractivity contribution in [2.24, 2.45) is 5.92 Å². The molecule has 0 radical (unpaired) electrons. The molecule has 90 valence electrons. The summed E-state index contributed by atoms with van der Waals surface area (Å²) in [6, 6.07) is 0. The van der Waals surface area contributed by atoms with E-state index in [0.717, 1.165) is 9.88 Å². The van der Waals surface area contributed by atoms with Gasteiger partial charge in [0.15, 0.2) is 0 Å².